The van der Waals surface area contributed by atoms with Crippen molar-refractivity contribution in [3.05, 3.63) is 24.3 Å². The molecule has 1 aliphatic carbocycles. The van der Waals surface area contributed by atoms with E-state index in [-0.39, 0.29) is 0 Å². The summed E-state index contributed by atoms with van der Waals surface area (Å²) in [6.07, 6.45) is 4.80. The third kappa shape index (κ3) is 1.22. The largest absolute Gasteiger partial charge is 0.0995 e. The smallest absolute Gasteiger partial charge is 0.0114 e. The Bertz CT molecular complexity index is 106. The second-order valence-corrected chi connectivity index (χ2v) is 2.53. The van der Waals surface area contributed by atoms with Crippen molar-refractivity contribution in [3.63, 3.8) is 0 Å². The number of allylic oxidation sites excluding steroid dienone is 2. The van der Waals surface area contributed by atoms with Crippen LogP contribution in [-0.4, -0.2) is 0 Å². The summed E-state index contributed by atoms with van der Waals surface area (Å²) in [7, 11) is 0. The Morgan fingerprint density at radius 3 is 1.75 bits per heavy atom. The van der Waals surface area contributed by atoms with E-state index in [2.05, 4.69) is 13.2 Å². The van der Waals surface area contributed by atoms with Gasteiger partial charge in [0.1, 0.15) is 0 Å². The Hall–Kier alpha value is -0.520. The lowest BCUT2D eigenvalue weighted by molar-refractivity contribution is 0.717. The van der Waals surface area contributed by atoms with Crippen LogP contribution in [0.4, 0.5) is 0 Å². The fraction of sp³-hybridized carbons (Fsp3) is 0.500. The molecule has 0 aliphatic heterocycles. The summed E-state index contributed by atoms with van der Waals surface area (Å²) in [4.78, 5) is 0. The zero-order valence-electron chi connectivity index (χ0n) is 5.24. The summed E-state index contributed by atoms with van der Waals surface area (Å²) >= 11 is 0. The Labute approximate surface area is 50.9 Å². The molecule has 0 N–H and O–H groups in total. The van der Waals surface area contributed by atoms with Crippen molar-refractivity contribution in [3.8, 4) is 0 Å². The summed E-state index contributed by atoms with van der Waals surface area (Å²) in [6.45, 7) is 7.81. The van der Waals surface area contributed by atoms with Crippen LogP contribution >= 0.6 is 0 Å². The van der Waals surface area contributed by atoms with Gasteiger partial charge in [-0.15, -0.1) is 0 Å². The van der Waals surface area contributed by atoms with Crippen molar-refractivity contribution in [2.45, 2.75) is 25.7 Å². The van der Waals surface area contributed by atoms with Crippen molar-refractivity contribution < 1.29 is 0 Å². The highest BCUT2D eigenvalue weighted by molar-refractivity contribution is 5.13. The molecular formula is C8H12. The van der Waals surface area contributed by atoms with E-state index in [9.17, 15) is 0 Å². The molecule has 0 aromatic carbocycles. The molecule has 0 heteroatoms. The van der Waals surface area contributed by atoms with Crippen LogP contribution in [-0.2, 0) is 0 Å². The Balaban J connectivity index is 2.45. The molecule has 0 unspecified atom stereocenters. The molecule has 1 aliphatic rings. The number of rotatable bonds is 0. The second-order valence-electron chi connectivity index (χ2n) is 2.53. The van der Waals surface area contributed by atoms with Gasteiger partial charge in [-0.3, -0.25) is 0 Å². The number of hydrogen-bond donors (Lipinski definition) is 0. The predicted octanol–water partition coefficient (Wildman–Crippen LogP) is 2.67. The van der Waals surface area contributed by atoms with Crippen LogP contribution in [0.1, 0.15) is 25.7 Å². The molecule has 44 valence electrons. The molecule has 1 fully saturated rings. The minimum Gasteiger partial charge on any atom is -0.0995 e. The highest BCUT2D eigenvalue weighted by Gasteiger charge is 2.04. The van der Waals surface area contributed by atoms with Gasteiger partial charge in [0.2, 0.25) is 0 Å². The lowest BCUT2D eigenvalue weighted by atomic mass is 9.93. The van der Waals surface area contributed by atoms with E-state index < -0.39 is 0 Å². The molecule has 8 heavy (non-hydrogen) atoms. The fourth-order valence-electron chi connectivity index (χ4n) is 1.12. The molecule has 0 atom stereocenters. The van der Waals surface area contributed by atoms with E-state index in [0.29, 0.717) is 0 Å². The van der Waals surface area contributed by atoms with Gasteiger partial charge >= 0.3 is 0 Å². The monoisotopic (exact) mass is 108 g/mol. The standard InChI is InChI=1S/C8H12/c1-7-4-3-5-8(2)6-7/h1-6H2. The molecule has 0 amide bonds. The van der Waals surface area contributed by atoms with Crippen LogP contribution in [0, 0.1) is 0 Å². The first-order chi connectivity index (χ1) is 3.79. The van der Waals surface area contributed by atoms with Gasteiger partial charge in [-0.05, 0) is 25.7 Å². The Morgan fingerprint density at radius 2 is 1.50 bits per heavy atom. The van der Waals surface area contributed by atoms with Gasteiger partial charge in [0.05, 0.1) is 0 Å². The lowest BCUT2D eigenvalue weighted by Crippen LogP contribution is -1.94. The van der Waals surface area contributed by atoms with Gasteiger partial charge in [-0.25, -0.2) is 0 Å². The summed E-state index contributed by atoms with van der Waals surface area (Å²) in [5, 5.41) is 0. The van der Waals surface area contributed by atoms with Crippen molar-refractivity contribution in [1.29, 1.82) is 0 Å². The van der Waals surface area contributed by atoms with Crippen molar-refractivity contribution >= 4 is 0 Å². The third-order valence-electron chi connectivity index (χ3n) is 1.56. The first-order valence-corrected chi connectivity index (χ1v) is 3.12. The fourth-order valence-corrected chi connectivity index (χ4v) is 1.12. The third-order valence-corrected chi connectivity index (χ3v) is 1.56. The maximum absolute atomic E-state index is 3.90. The van der Waals surface area contributed by atoms with E-state index >= 15 is 0 Å². The first-order valence-electron chi connectivity index (χ1n) is 3.12. The van der Waals surface area contributed by atoms with Crippen LogP contribution in [0.3, 0.4) is 0 Å². The maximum atomic E-state index is 3.90. The van der Waals surface area contributed by atoms with E-state index in [1.165, 1.54) is 30.4 Å². The van der Waals surface area contributed by atoms with Gasteiger partial charge in [0.15, 0.2) is 0 Å². The number of hydrogen-bond acceptors (Lipinski definition) is 0. The SMILES string of the molecule is C=C1CCCC(=C)C1. The zero-order chi connectivity index (χ0) is 5.98. The van der Waals surface area contributed by atoms with Crippen molar-refractivity contribution in [1.82, 2.24) is 0 Å². The molecule has 0 radical (unpaired) electrons. The summed E-state index contributed by atoms with van der Waals surface area (Å²) in [5.74, 6) is 0. The normalized spacial score (nSPS) is 21.5. The maximum Gasteiger partial charge on any atom is -0.0114 e. The minimum absolute atomic E-state index is 1.08. The molecule has 0 aromatic heterocycles. The molecular weight excluding hydrogens is 96.1 g/mol. The van der Waals surface area contributed by atoms with Crippen molar-refractivity contribution in [2.75, 3.05) is 0 Å². The van der Waals surface area contributed by atoms with E-state index in [0.717, 1.165) is 6.42 Å². The molecule has 0 bridgehead atoms. The Morgan fingerprint density at radius 1 is 1.00 bits per heavy atom. The topological polar surface area (TPSA) is 0 Å². The van der Waals surface area contributed by atoms with Crippen LogP contribution < -0.4 is 0 Å². The minimum atomic E-state index is 1.08. The van der Waals surface area contributed by atoms with Gasteiger partial charge in [0.25, 0.3) is 0 Å². The molecule has 0 saturated heterocycles. The molecule has 1 saturated carbocycles. The zero-order valence-corrected chi connectivity index (χ0v) is 5.24. The first kappa shape index (κ1) is 5.61. The summed E-state index contributed by atoms with van der Waals surface area (Å²) in [6, 6.07) is 0. The average Bonchev–Trinajstić information content (AvgIpc) is 1.64. The predicted molar refractivity (Wildman–Crippen MR) is 36.7 cm³/mol. The van der Waals surface area contributed by atoms with E-state index in [1.54, 1.807) is 0 Å². The van der Waals surface area contributed by atoms with Gasteiger partial charge in [-0.1, -0.05) is 24.3 Å². The highest BCUT2D eigenvalue weighted by Crippen LogP contribution is 2.24. The highest BCUT2D eigenvalue weighted by atomic mass is 14.1. The van der Waals surface area contributed by atoms with Gasteiger partial charge in [0, 0.05) is 0 Å². The quantitative estimate of drug-likeness (QED) is 0.418. The van der Waals surface area contributed by atoms with Crippen LogP contribution in [0.25, 0.3) is 0 Å². The Kier molecular flexibility index (Phi) is 1.52. The summed E-state index contributed by atoms with van der Waals surface area (Å²) in [5.41, 5.74) is 2.72. The summed E-state index contributed by atoms with van der Waals surface area (Å²) < 4.78 is 0. The molecule has 1 rings (SSSR count). The van der Waals surface area contributed by atoms with E-state index in [1.807, 2.05) is 0 Å². The molecule has 0 nitrogen and oxygen atoms in total. The second kappa shape index (κ2) is 2.17. The van der Waals surface area contributed by atoms with Crippen LogP contribution in [0.5, 0.6) is 0 Å². The molecule has 0 spiro atoms. The molecule has 0 aromatic rings. The van der Waals surface area contributed by atoms with Gasteiger partial charge in [-0.2, -0.15) is 0 Å². The van der Waals surface area contributed by atoms with E-state index in [4.69, 9.17) is 0 Å². The van der Waals surface area contributed by atoms with Crippen LogP contribution in [0.2, 0.25) is 0 Å². The molecule has 0 heterocycles. The van der Waals surface area contributed by atoms with Crippen molar-refractivity contribution in [2.24, 2.45) is 0 Å². The van der Waals surface area contributed by atoms with Crippen LogP contribution in [0.15, 0.2) is 24.3 Å². The lowest BCUT2D eigenvalue weighted by Gasteiger charge is -2.13. The van der Waals surface area contributed by atoms with Gasteiger partial charge < -0.3 is 0 Å². The average molecular weight is 108 g/mol.